The van der Waals surface area contributed by atoms with Crippen LogP contribution in [0.5, 0.6) is 5.75 Å². The van der Waals surface area contributed by atoms with Crippen molar-refractivity contribution in [3.05, 3.63) is 53.6 Å². The molecule has 2 rings (SSSR count). The highest BCUT2D eigenvalue weighted by Crippen LogP contribution is 2.24. The molecule has 0 fully saturated rings. The molecule has 1 amide bonds. The van der Waals surface area contributed by atoms with Crippen LogP contribution < -0.4 is 5.32 Å². The van der Waals surface area contributed by atoms with Gasteiger partial charge in [-0.05, 0) is 24.3 Å². The topological polar surface area (TPSA) is 86.0 Å². The van der Waals surface area contributed by atoms with E-state index in [2.05, 4.69) is 10.3 Å². The molecule has 0 saturated heterocycles. The van der Waals surface area contributed by atoms with Gasteiger partial charge in [0.15, 0.2) is 5.82 Å². The van der Waals surface area contributed by atoms with Crippen LogP contribution in [0.3, 0.4) is 0 Å². The van der Waals surface area contributed by atoms with E-state index in [9.17, 15) is 14.3 Å². The number of pyridine rings is 1. The Morgan fingerprint density at radius 3 is 2.89 bits per heavy atom. The van der Waals surface area contributed by atoms with E-state index in [-0.39, 0.29) is 22.6 Å². The number of rotatable bonds is 2. The number of aromatic hydroxyl groups is 1. The minimum Gasteiger partial charge on any atom is -0.506 e. The molecule has 94 valence electrons. The molecule has 0 aliphatic heterocycles. The monoisotopic (exact) mass is 257 g/mol. The van der Waals surface area contributed by atoms with E-state index in [1.54, 1.807) is 0 Å². The quantitative estimate of drug-likeness (QED) is 0.806. The zero-order chi connectivity index (χ0) is 13.8. The predicted octanol–water partition coefficient (Wildman–Crippen LogP) is 2.05. The summed E-state index contributed by atoms with van der Waals surface area (Å²) >= 11 is 0. The summed E-state index contributed by atoms with van der Waals surface area (Å²) in [5, 5.41) is 20.6. The Hall–Kier alpha value is -2.94. The van der Waals surface area contributed by atoms with Crippen molar-refractivity contribution in [2.45, 2.75) is 0 Å². The van der Waals surface area contributed by atoms with Gasteiger partial charge >= 0.3 is 0 Å². The Balaban J connectivity index is 2.30. The SMILES string of the molecule is N#Cc1ccc(O)c(NC(=O)c2ccncc2F)c1. The van der Waals surface area contributed by atoms with Crippen LogP contribution in [0.25, 0.3) is 0 Å². The highest BCUT2D eigenvalue weighted by Gasteiger charge is 2.13. The lowest BCUT2D eigenvalue weighted by Crippen LogP contribution is -2.14. The molecule has 5 nitrogen and oxygen atoms in total. The number of hydrogen-bond donors (Lipinski definition) is 2. The molecule has 0 bridgehead atoms. The summed E-state index contributed by atoms with van der Waals surface area (Å²) in [4.78, 5) is 15.3. The highest BCUT2D eigenvalue weighted by atomic mass is 19.1. The van der Waals surface area contributed by atoms with Gasteiger partial charge in [-0.25, -0.2) is 4.39 Å². The summed E-state index contributed by atoms with van der Waals surface area (Å²) in [5.41, 5.74) is 0.111. The van der Waals surface area contributed by atoms with E-state index < -0.39 is 11.7 Å². The molecule has 1 aromatic heterocycles. The van der Waals surface area contributed by atoms with Crippen molar-refractivity contribution in [2.75, 3.05) is 5.32 Å². The number of halogens is 1. The number of phenolic OH excluding ortho intramolecular Hbond substituents is 1. The van der Waals surface area contributed by atoms with Gasteiger partial charge in [-0.1, -0.05) is 0 Å². The van der Waals surface area contributed by atoms with Crippen LogP contribution in [-0.2, 0) is 0 Å². The van der Waals surface area contributed by atoms with Gasteiger partial charge in [-0.2, -0.15) is 5.26 Å². The number of benzene rings is 1. The van der Waals surface area contributed by atoms with Crippen molar-refractivity contribution in [1.29, 1.82) is 5.26 Å². The Morgan fingerprint density at radius 1 is 1.42 bits per heavy atom. The molecule has 0 unspecified atom stereocenters. The van der Waals surface area contributed by atoms with Crippen LogP contribution in [0.1, 0.15) is 15.9 Å². The maximum atomic E-state index is 13.4. The van der Waals surface area contributed by atoms with Crippen molar-refractivity contribution in [3.63, 3.8) is 0 Å². The normalized spacial score (nSPS) is 9.68. The van der Waals surface area contributed by atoms with E-state index in [1.807, 2.05) is 6.07 Å². The fraction of sp³-hybridized carbons (Fsp3) is 0. The standard InChI is InChI=1S/C13H8FN3O2/c14-10-7-16-4-3-9(10)13(19)17-11-5-8(6-15)1-2-12(11)18/h1-5,7,18H,(H,17,19). The van der Waals surface area contributed by atoms with Crippen LogP contribution in [-0.4, -0.2) is 16.0 Å². The van der Waals surface area contributed by atoms with E-state index in [1.165, 1.54) is 30.5 Å². The van der Waals surface area contributed by atoms with Crippen LogP contribution in [0, 0.1) is 17.1 Å². The van der Waals surface area contributed by atoms with E-state index in [0.29, 0.717) is 0 Å². The van der Waals surface area contributed by atoms with Crippen LogP contribution in [0.4, 0.5) is 10.1 Å². The Morgan fingerprint density at radius 2 is 2.21 bits per heavy atom. The summed E-state index contributed by atoms with van der Waals surface area (Å²) in [5.74, 6) is -1.71. The Labute approximate surface area is 108 Å². The number of anilines is 1. The average Bonchev–Trinajstić information content (AvgIpc) is 2.41. The van der Waals surface area contributed by atoms with Crippen molar-refractivity contribution in [1.82, 2.24) is 4.98 Å². The number of phenols is 1. The van der Waals surface area contributed by atoms with Crippen LogP contribution in [0.2, 0.25) is 0 Å². The minimum absolute atomic E-state index is 0.0419. The summed E-state index contributed by atoms with van der Waals surface area (Å²) in [6.45, 7) is 0. The number of carbonyl (C=O) groups is 1. The van der Waals surface area contributed by atoms with Gasteiger partial charge in [0, 0.05) is 6.20 Å². The summed E-state index contributed by atoms with van der Waals surface area (Å²) in [6, 6.07) is 7.06. The maximum Gasteiger partial charge on any atom is 0.258 e. The molecular weight excluding hydrogens is 249 g/mol. The van der Waals surface area contributed by atoms with Gasteiger partial charge in [0.05, 0.1) is 29.1 Å². The van der Waals surface area contributed by atoms with E-state index in [4.69, 9.17) is 5.26 Å². The van der Waals surface area contributed by atoms with Crippen molar-refractivity contribution in [3.8, 4) is 11.8 Å². The van der Waals surface area contributed by atoms with Gasteiger partial charge < -0.3 is 10.4 Å². The molecule has 6 heteroatoms. The van der Waals surface area contributed by atoms with Gasteiger partial charge in [-0.15, -0.1) is 0 Å². The number of aromatic nitrogens is 1. The number of carbonyl (C=O) groups excluding carboxylic acids is 1. The molecule has 2 aromatic rings. The van der Waals surface area contributed by atoms with Crippen LogP contribution >= 0.6 is 0 Å². The molecule has 1 aromatic carbocycles. The fourth-order valence-corrected chi connectivity index (χ4v) is 1.45. The molecule has 0 radical (unpaired) electrons. The maximum absolute atomic E-state index is 13.4. The molecule has 2 N–H and O–H groups in total. The first-order chi connectivity index (χ1) is 9.11. The second-order valence-electron chi connectivity index (χ2n) is 3.65. The lowest BCUT2D eigenvalue weighted by atomic mass is 10.2. The van der Waals surface area contributed by atoms with Gasteiger partial charge in [-0.3, -0.25) is 9.78 Å². The zero-order valence-corrected chi connectivity index (χ0v) is 9.59. The molecule has 19 heavy (non-hydrogen) atoms. The Kier molecular flexibility index (Phi) is 3.39. The number of amides is 1. The number of hydrogen-bond acceptors (Lipinski definition) is 4. The highest BCUT2D eigenvalue weighted by molar-refractivity contribution is 6.05. The average molecular weight is 257 g/mol. The smallest absolute Gasteiger partial charge is 0.258 e. The largest absolute Gasteiger partial charge is 0.506 e. The van der Waals surface area contributed by atoms with Crippen LogP contribution in [0.15, 0.2) is 36.7 Å². The number of nitrogens with one attached hydrogen (secondary N) is 1. The van der Waals surface area contributed by atoms with E-state index in [0.717, 1.165) is 6.20 Å². The third-order valence-corrected chi connectivity index (χ3v) is 2.39. The molecule has 0 aliphatic carbocycles. The summed E-state index contributed by atoms with van der Waals surface area (Å²) < 4.78 is 13.4. The molecule has 0 spiro atoms. The molecule has 0 atom stereocenters. The number of nitriles is 1. The second kappa shape index (κ2) is 5.14. The van der Waals surface area contributed by atoms with E-state index >= 15 is 0 Å². The Bertz CT molecular complexity index is 680. The van der Waals surface area contributed by atoms with Crippen molar-refractivity contribution < 1.29 is 14.3 Å². The lowest BCUT2D eigenvalue weighted by Gasteiger charge is -2.07. The van der Waals surface area contributed by atoms with Gasteiger partial charge in [0.2, 0.25) is 0 Å². The summed E-state index contributed by atoms with van der Waals surface area (Å²) in [7, 11) is 0. The minimum atomic E-state index is -0.768. The zero-order valence-electron chi connectivity index (χ0n) is 9.59. The lowest BCUT2D eigenvalue weighted by molar-refractivity contribution is 0.102. The molecule has 1 heterocycles. The first-order valence-electron chi connectivity index (χ1n) is 5.26. The molecule has 0 saturated carbocycles. The third kappa shape index (κ3) is 2.66. The third-order valence-electron chi connectivity index (χ3n) is 2.39. The first-order valence-corrected chi connectivity index (χ1v) is 5.26. The predicted molar refractivity (Wildman–Crippen MR) is 65.0 cm³/mol. The molecule has 0 aliphatic rings. The second-order valence-corrected chi connectivity index (χ2v) is 3.65. The first kappa shape index (κ1) is 12.5. The van der Waals surface area contributed by atoms with Crippen molar-refractivity contribution >= 4 is 11.6 Å². The number of nitrogens with zero attached hydrogens (tertiary/aromatic N) is 2. The summed E-state index contributed by atoms with van der Waals surface area (Å²) in [6.07, 6.45) is 2.20. The van der Waals surface area contributed by atoms with Crippen molar-refractivity contribution in [2.24, 2.45) is 0 Å². The van der Waals surface area contributed by atoms with Gasteiger partial charge in [0.25, 0.3) is 5.91 Å². The van der Waals surface area contributed by atoms with Gasteiger partial charge in [0.1, 0.15) is 5.75 Å². The fourth-order valence-electron chi connectivity index (χ4n) is 1.45. The molecular formula is C13H8FN3O2.